The van der Waals surface area contributed by atoms with E-state index in [0.29, 0.717) is 29.0 Å². The van der Waals surface area contributed by atoms with E-state index < -0.39 is 0 Å². The quantitative estimate of drug-likeness (QED) is 0.145. The number of aromatic nitrogens is 2. The number of hydrogen-bond acceptors (Lipinski definition) is 4. The Hall–Kier alpha value is -7.44. The average Bonchev–Trinajstić information content (AvgIpc) is 3.78. The molecule has 300 valence electrons. The molecule has 0 aliphatic rings. The number of hydrogen-bond donors (Lipinski definition) is 2. The van der Waals surface area contributed by atoms with Gasteiger partial charge in [-0.25, -0.2) is 0 Å². The molecule has 0 spiro atoms. The van der Waals surface area contributed by atoms with Crippen LogP contribution in [-0.2, 0) is 0 Å². The summed E-state index contributed by atoms with van der Waals surface area (Å²) in [6.07, 6.45) is 0.115. The van der Waals surface area contributed by atoms with Crippen molar-refractivity contribution in [1.82, 2.24) is 9.13 Å². The van der Waals surface area contributed by atoms with Crippen molar-refractivity contribution in [3.8, 4) is 56.6 Å². The van der Waals surface area contributed by atoms with E-state index in [0.717, 1.165) is 77.2 Å². The molecule has 6 nitrogen and oxygen atoms in total. The highest BCUT2D eigenvalue weighted by Gasteiger charge is 2.23. The molecule has 2 heterocycles. The van der Waals surface area contributed by atoms with Crippen LogP contribution in [0.4, 0.5) is 0 Å². The Morgan fingerprint density at radius 1 is 0.410 bits per heavy atom. The third-order valence-electron chi connectivity index (χ3n) is 11.8. The molecule has 6 heteroatoms. The van der Waals surface area contributed by atoms with Crippen LogP contribution < -0.4 is 9.47 Å². The summed E-state index contributed by atoms with van der Waals surface area (Å²) in [7, 11) is 0. The topological polar surface area (TPSA) is 68.8 Å². The molecule has 8 aromatic carbocycles. The van der Waals surface area contributed by atoms with Crippen molar-refractivity contribution >= 4 is 43.6 Å². The predicted octanol–water partition coefficient (Wildman–Crippen LogP) is 13.9. The van der Waals surface area contributed by atoms with Gasteiger partial charge in [0, 0.05) is 50.2 Å². The largest absolute Gasteiger partial charge is 0.505 e. The van der Waals surface area contributed by atoms with Gasteiger partial charge in [-0.05, 0) is 99.5 Å². The second-order valence-electron chi connectivity index (χ2n) is 16.2. The highest BCUT2D eigenvalue weighted by molar-refractivity contribution is 6.10. The molecule has 0 saturated heterocycles. The highest BCUT2D eigenvalue weighted by Crippen LogP contribution is 2.45. The first-order valence-electron chi connectivity index (χ1n) is 20.9. The van der Waals surface area contributed by atoms with E-state index in [1.165, 1.54) is 0 Å². The van der Waals surface area contributed by atoms with Crippen LogP contribution in [0.25, 0.3) is 77.2 Å². The van der Waals surface area contributed by atoms with Crippen LogP contribution in [0.2, 0.25) is 0 Å². The summed E-state index contributed by atoms with van der Waals surface area (Å²) in [5.74, 6) is 1.74. The van der Waals surface area contributed by atoms with Gasteiger partial charge >= 0.3 is 0 Å². The number of rotatable bonds is 10. The second-order valence-corrected chi connectivity index (χ2v) is 16.2. The lowest BCUT2D eigenvalue weighted by Gasteiger charge is -2.24. The maximum absolute atomic E-state index is 12.1. The maximum atomic E-state index is 12.1. The minimum absolute atomic E-state index is 0.190. The summed E-state index contributed by atoms with van der Waals surface area (Å²) in [5.41, 5.74) is 10.6. The van der Waals surface area contributed by atoms with Crippen molar-refractivity contribution in [3.63, 3.8) is 0 Å². The second kappa shape index (κ2) is 15.3. The van der Waals surface area contributed by atoms with Crippen LogP contribution in [0.5, 0.6) is 23.0 Å². The Labute approximate surface area is 355 Å². The molecule has 2 N–H and O–H groups in total. The van der Waals surface area contributed by atoms with Crippen LogP contribution in [-0.4, -0.2) is 31.6 Å². The Kier molecular flexibility index (Phi) is 9.48. The summed E-state index contributed by atoms with van der Waals surface area (Å²) >= 11 is 0. The molecule has 0 fully saturated rings. The lowest BCUT2D eigenvalue weighted by atomic mass is 9.99. The molecule has 10 aromatic rings. The lowest BCUT2D eigenvalue weighted by molar-refractivity contribution is 0.131. The molecule has 0 aliphatic carbocycles. The molecule has 0 radical (unpaired) electrons. The van der Waals surface area contributed by atoms with Crippen LogP contribution in [0.1, 0.15) is 31.4 Å². The van der Waals surface area contributed by atoms with Crippen LogP contribution in [0.15, 0.2) is 170 Å². The summed E-state index contributed by atoms with van der Waals surface area (Å²) in [6.45, 7) is 8.22. The van der Waals surface area contributed by atoms with Gasteiger partial charge in [-0.2, -0.15) is 0 Å². The van der Waals surface area contributed by atoms with Gasteiger partial charge in [0.15, 0.2) is 0 Å². The van der Waals surface area contributed by atoms with Crippen LogP contribution >= 0.6 is 0 Å². The maximum Gasteiger partial charge on any atom is 0.147 e. The van der Waals surface area contributed by atoms with Crippen molar-refractivity contribution < 1.29 is 19.7 Å². The number of benzene rings is 8. The van der Waals surface area contributed by atoms with Crippen molar-refractivity contribution in [2.24, 2.45) is 0 Å². The van der Waals surface area contributed by atoms with E-state index in [1.54, 1.807) is 0 Å². The van der Waals surface area contributed by atoms with Gasteiger partial charge in [0.25, 0.3) is 0 Å². The van der Waals surface area contributed by atoms with E-state index in [1.807, 2.05) is 111 Å². The van der Waals surface area contributed by atoms with Gasteiger partial charge in [-0.1, -0.05) is 109 Å². The zero-order valence-electron chi connectivity index (χ0n) is 34.6. The molecular formula is C55H46N2O4. The zero-order valence-corrected chi connectivity index (χ0v) is 34.6. The van der Waals surface area contributed by atoms with Gasteiger partial charge in [0.2, 0.25) is 0 Å². The minimum Gasteiger partial charge on any atom is -0.505 e. The standard InChI is InChI=1S/C55H46N2O4/c1-34-29-44(54(58)50(31-34)56-46-23-11-5-17-38(46)39-18-6-12-24-47(39)56)42-21-9-15-27-52(42)60-36(3)33-37(4)61-53-28-16-10-22-43(53)45-30-35(2)32-51(55(45)59)57-48-25-13-7-19-40(48)41-20-8-14-26-49(41)57/h5-32,36-37,58-59H,33H2,1-4H3/t36-,37?/m0/s1. The third-order valence-corrected chi connectivity index (χ3v) is 11.8. The monoisotopic (exact) mass is 798 g/mol. The van der Waals surface area contributed by atoms with E-state index >= 15 is 0 Å². The van der Waals surface area contributed by atoms with Crippen molar-refractivity contribution in [2.75, 3.05) is 0 Å². The molecule has 0 amide bonds. The number of phenolic OH excluding ortho intramolecular Hbond substituents is 2. The molecule has 0 bridgehead atoms. The van der Waals surface area contributed by atoms with Gasteiger partial charge in [-0.3, -0.25) is 0 Å². The normalized spacial score (nSPS) is 12.7. The molecule has 0 saturated carbocycles. The summed E-state index contributed by atoms with van der Waals surface area (Å²) in [4.78, 5) is 0. The number of para-hydroxylation sites is 6. The zero-order chi connectivity index (χ0) is 41.8. The Morgan fingerprint density at radius 3 is 1.08 bits per heavy atom. The molecule has 61 heavy (non-hydrogen) atoms. The van der Waals surface area contributed by atoms with Crippen molar-refractivity contribution in [3.05, 3.63) is 181 Å². The number of nitrogens with zero attached hydrogens (tertiary/aromatic N) is 2. The Balaban J connectivity index is 0.936. The van der Waals surface area contributed by atoms with Crippen molar-refractivity contribution in [2.45, 2.75) is 46.3 Å². The molecule has 0 aliphatic heterocycles. The summed E-state index contributed by atoms with van der Waals surface area (Å²) in [5, 5.41) is 28.8. The average molecular weight is 799 g/mol. The number of phenols is 2. The van der Waals surface area contributed by atoms with Crippen molar-refractivity contribution in [1.29, 1.82) is 0 Å². The van der Waals surface area contributed by atoms with Crippen LogP contribution in [0, 0.1) is 13.8 Å². The van der Waals surface area contributed by atoms with E-state index in [9.17, 15) is 10.2 Å². The number of aryl methyl sites for hydroxylation is 2. The first-order chi connectivity index (χ1) is 29.7. The minimum atomic E-state index is -0.235. The molecule has 2 atom stereocenters. The van der Waals surface area contributed by atoms with Gasteiger partial charge in [0.1, 0.15) is 23.0 Å². The lowest BCUT2D eigenvalue weighted by Crippen LogP contribution is -2.23. The highest BCUT2D eigenvalue weighted by atomic mass is 16.5. The van der Waals surface area contributed by atoms with E-state index in [4.69, 9.17) is 9.47 Å². The molecular weight excluding hydrogens is 753 g/mol. The van der Waals surface area contributed by atoms with Crippen LogP contribution in [0.3, 0.4) is 0 Å². The first kappa shape index (κ1) is 37.8. The number of aromatic hydroxyl groups is 2. The van der Waals surface area contributed by atoms with Gasteiger partial charge < -0.3 is 28.8 Å². The molecule has 2 aromatic heterocycles. The number of ether oxygens (including phenoxy) is 2. The molecule has 1 unspecified atom stereocenters. The fourth-order valence-corrected chi connectivity index (χ4v) is 9.22. The summed E-state index contributed by atoms with van der Waals surface area (Å²) in [6, 6.07) is 57.2. The summed E-state index contributed by atoms with van der Waals surface area (Å²) < 4.78 is 17.7. The third kappa shape index (κ3) is 6.61. The fourth-order valence-electron chi connectivity index (χ4n) is 9.22. The van der Waals surface area contributed by atoms with Gasteiger partial charge in [-0.15, -0.1) is 0 Å². The fraction of sp³-hybridized carbons (Fsp3) is 0.127. The van der Waals surface area contributed by atoms with E-state index in [-0.39, 0.29) is 23.7 Å². The van der Waals surface area contributed by atoms with Gasteiger partial charge in [0.05, 0.1) is 45.6 Å². The predicted molar refractivity (Wildman–Crippen MR) is 250 cm³/mol. The Bertz CT molecular complexity index is 2960. The SMILES string of the molecule is Cc1cc(-c2ccccc2OC(C)C[C@H](C)Oc2ccccc2-c2cc(C)cc(-n3c4ccccc4c4ccccc43)c2O)c(O)c(-n2c3ccccc3c3ccccc32)c1. The molecule has 10 rings (SSSR count). The van der Waals surface area contributed by atoms with E-state index in [2.05, 4.69) is 95.8 Å². The number of fused-ring (bicyclic) bond motifs is 6. The smallest absolute Gasteiger partial charge is 0.147 e. The Morgan fingerprint density at radius 2 is 0.721 bits per heavy atom. The first-order valence-corrected chi connectivity index (χ1v) is 20.9.